The molecule has 0 nitrogen and oxygen atoms in total. The fourth-order valence-electron chi connectivity index (χ4n) is 9.45. The van der Waals surface area contributed by atoms with Crippen molar-refractivity contribution in [3.8, 4) is 33.4 Å². The molecule has 0 amide bonds. The molecule has 0 fully saturated rings. The quantitative estimate of drug-likeness (QED) is 0.0884. The van der Waals surface area contributed by atoms with Crippen LogP contribution in [0.15, 0.2) is 127 Å². The fourth-order valence-corrected chi connectivity index (χ4v) is 10.8. The predicted octanol–water partition coefficient (Wildman–Crippen LogP) is 20.6. The van der Waals surface area contributed by atoms with Crippen molar-refractivity contribution in [3.05, 3.63) is 178 Å². The van der Waals surface area contributed by atoms with E-state index in [2.05, 4.69) is 42.5 Å². The number of benzene rings is 6. The molecule has 1 heterocycles. The second-order valence-electron chi connectivity index (χ2n) is 21.5. The molecule has 16 heteroatoms. The molecule has 414 valence electrons. The van der Waals surface area contributed by atoms with E-state index in [0.29, 0.717) is 33.0 Å². The molecule has 0 saturated heterocycles. The number of hydrogen-bond donors (Lipinski definition) is 0. The van der Waals surface area contributed by atoms with Gasteiger partial charge >= 0.3 is 62.6 Å². The van der Waals surface area contributed by atoms with Crippen LogP contribution in [-0.4, -0.2) is 9.52 Å². The maximum Gasteiger partial charge on any atom is 0.0920 e. The first-order valence-corrected chi connectivity index (χ1v) is 32.4. The first kappa shape index (κ1) is 62.6. The largest absolute Gasteiger partial charge is 0.184 e. The molecule has 8 aromatic rings. The summed E-state index contributed by atoms with van der Waals surface area (Å²) in [6, 6.07) is 37.0. The van der Waals surface area contributed by atoms with Gasteiger partial charge in [0.1, 0.15) is 0 Å². The van der Waals surface area contributed by atoms with Gasteiger partial charge < -0.3 is 0 Å². The molecule has 0 spiro atoms. The zero-order valence-electron chi connectivity index (χ0n) is 44.5. The van der Waals surface area contributed by atoms with E-state index < -0.39 is 78.6 Å². The van der Waals surface area contributed by atoms with Gasteiger partial charge in [-0.2, -0.15) is 94.3 Å². The molecule has 8 aromatic carbocycles. The SMILES string of the molecule is CCC(C)c1cc2c(-c3cc(C(F)(F)F)cc(C(F)(F)F)c3)c(C(C)(C)C)ccc2[cH-]1.CCC(C)c1cc2c(-c3cc(C(F)(F)F)cc(C(F)(F)F)c3)c(C(C)(C)C)ccc2[cH-]1.[Cl][Zr][Cl].[c-]1cccc2c1[Si]c1ccccc1-2. The summed E-state index contributed by atoms with van der Waals surface area (Å²) in [5, 5.41) is 5.79. The topological polar surface area (TPSA) is 0 Å². The van der Waals surface area contributed by atoms with Gasteiger partial charge in [-0.05, 0) is 70.2 Å². The Labute approximate surface area is 469 Å². The summed E-state index contributed by atoms with van der Waals surface area (Å²) in [5.41, 5.74) is 0.752. The van der Waals surface area contributed by atoms with Gasteiger partial charge in [0, 0.05) is 0 Å². The summed E-state index contributed by atoms with van der Waals surface area (Å²) in [4.78, 5) is 0. The van der Waals surface area contributed by atoms with Gasteiger partial charge in [0.25, 0.3) is 0 Å². The maximum atomic E-state index is 13.5. The first-order chi connectivity index (χ1) is 36.1. The summed E-state index contributed by atoms with van der Waals surface area (Å²) < 4.78 is 162. The minimum atomic E-state index is -4.89. The van der Waals surface area contributed by atoms with Crippen LogP contribution in [0.4, 0.5) is 52.7 Å². The first-order valence-electron chi connectivity index (χ1n) is 25.0. The second-order valence-corrected chi connectivity index (χ2v) is 26.5. The minimum Gasteiger partial charge on any atom is -0.184 e. The van der Waals surface area contributed by atoms with E-state index in [9.17, 15) is 52.7 Å². The minimum absolute atomic E-state index is 0.0704. The molecule has 2 unspecified atom stereocenters. The number of alkyl halides is 12. The maximum absolute atomic E-state index is 13.5. The molecular weight excluding hydrogens is 1160 g/mol. The van der Waals surface area contributed by atoms with Crippen LogP contribution >= 0.6 is 17.0 Å². The molecule has 1 aliphatic heterocycles. The Morgan fingerprint density at radius 2 is 0.859 bits per heavy atom. The Bertz CT molecular complexity index is 3080. The summed E-state index contributed by atoms with van der Waals surface area (Å²) in [6.07, 6.45) is -17.8. The number of fused-ring (bicyclic) bond motifs is 5. The standard InChI is InChI=1S/2C25H25F6.C12H7Si.2ClH.Zr/c2*1-6-14(2)16-9-15-7-8-21(23(3,4)5)22(20(15)12-16)17-10-18(24(26,27)28)13-19(11-17)25(29,30)31;1-3-7-11-9(5-1)10-6-2-4-8-12(10)13-11;;;/h2*7-14H,6H2,1-5H3;1-7H;2*1H;/q3*-1;;;+2/p-2. The summed E-state index contributed by atoms with van der Waals surface area (Å²) in [6.45, 7) is 19.5. The average Bonchev–Trinajstić information content (AvgIpc) is 4.20. The summed E-state index contributed by atoms with van der Waals surface area (Å²) >= 11 is -0.826. The molecule has 2 atom stereocenters. The van der Waals surface area contributed by atoms with Gasteiger partial charge in [-0.3, -0.25) is 0 Å². The van der Waals surface area contributed by atoms with E-state index in [1.165, 1.54) is 21.5 Å². The zero-order chi connectivity index (χ0) is 58.1. The third kappa shape index (κ3) is 14.6. The molecule has 0 aliphatic carbocycles. The van der Waals surface area contributed by atoms with Crippen molar-refractivity contribution in [1.29, 1.82) is 0 Å². The molecule has 1 aliphatic rings. The van der Waals surface area contributed by atoms with E-state index in [4.69, 9.17) is 17.0 Å². The molecule has 0 aromatic heterocycles. The third-order valence-electron chi connectivity index (χ3n) is 13.9. The molecule has 0 saturated carbocycles. The van der Waals surface area contributed by atoms with E-state index in [0.717, 1.165) is 68.5 Å². The van der Waals surface area contributed by atoms with Crippen molar-refractivity contribution in [2.75, 3.05) is 0 Å². The molecular formula is C62H57Cl2F12SiZr-3. The zero-order valence-corrected chi connectivity index (χ0v) is 49.5. The monoisotopic (exact) mass is 1220 g/mol. The van der Waals surface area contributed by atoms with Crippen LogP contribution in [-0.2, 0) is 56.4 Å². The Balaban J connectivity index is 0.000000197. The van der Waals surface area contributed by atoms with Crippen molar-refractivity contribution < 1.29 is 73.5 Å². The molecule has 0 N–H and O–H groups in total. The van der Waals surface area contributed by atoms with E-state index in [1.807, 2.05) is 124 Å². The molecule has 2 radical (unpaired) electrons. The number of halogens is 14. The average molecular weight is 1220 g/mol. The van der Waals surface area contributed by atoms with Gasteiger partial charge in [-0.1, -0.05) is 139 Å². The number of rotatable bonds is 6. The van der Waals surface area contributed by atoms with E-state index in [1.54, 1.807) is 0 Å². The van der Waals surface area contributed by atoms with E-state index >= 15 is 0 Å². The van der Waals surface area contributed by atoms with Gasteiger partial charge in [0.05, 0.1) is 31.8 Å². The van der Waals surface area contributed by atoms with Gasteiger partial charge in [0.15, 0.2) is 0 Å². The molecule has 78 heavy (non-hydrogen) atoms. The van der Waals surface area contributed by atoms with Crippen LogP contribution < -0.4 is 10.4 Å². The fraction of sp³-hybridized carbons (Fsp3) is 0.323. The van der Waals surface area contributed by atoms with Crippen LogP contribution in [0, 0.1) is 6.07 Å². The predicted molar refractivity (Wildman–Crippen MR) is 292 cm³/mol. The van der Waals surface area contributed by atoms with Gasteiger partial charge in [-0.15, -0.1) is 74.6 Å². The van der Waals surface area contributed by atoms with Crippen LogP contribution in [0.1, 0.15) is 138 Å². The smallest absolute Gasteiger partial charge is 0.0920 e. The Morgan fingerprint density at radius 1 is 0.500 bits per heavy atom. The number of hydrogen-bond acceptors (Lipinski definition) is 0. The van der Waals surface area contributed by atoms with Crippen molar-refractivity contribution >= 4 is 58.5 Å². The van der Waals surface area contributed by atoms with E-state index in [-0.39, 0.29) is 35.1 Å². The third-order valence-corrected chi connectivity index (χ3v) is 15.3. The van der Waals surface area contributed by atoms with Crippen molar-refractivity contribution in [3.63, 3.8) is 0 Å². The van der Waals surface area contributed by atoms with Gasteiger partial charge in [-0.25, -0.2) is 0 Å². The Morgan fingerprint density at radius 3 is 1.21 bits per heavy atom. The van der Waals surface area contributed by atoms with Crippen LogP contribution in [0.3, 0.4) is 0 Å². The van der Waals surface area contributed by atoms with Crippen molar-refractivity contribution in [2.24, 2.45) is 0 Å². The normalized spacial score (nSPS) is 13.6. The summed E-state index contributed by atoms with van der Waals surface area (Å²) in [5.74, 6) is 0.455. The second kappa shape index (κ2) is 24.2. The Hall–Kier alpha value is -4.62. The summed E-state index contributed by atoms with van der Waals surface area (Å²) in [7, 11) is 10.7. The van der Waals surface area contributed by atoms with Crippen LogP contribution in [0.2, 0.25) is 0 Å². The van der Waals surface area contributed by atoms with Crippen molar-refractivity contribution in [2.45, 2.75) is 129 Å². The Kier molecular flexibility index (Phi) is 19.4. The van der Waals surface area contributed by atoms with Crippen molar-refractivity contribution in [1.82, 2.24) is 0 Å². The molecule has 9 rings (SSSR count). The van der Waals surface area contributed by atoms with Crippen LogP contribution in [0.25, 0.3) is 54.9 Å². The van der Waals surface area contributed by atoms with Crippen LogP contribution in [0.5, 0.6) is 0 Å². The molecule has 0 bridgehead atoms. The van der Waals surface area contributed by atoms with Gasteiger partial charge in [0.2, 0.25) is 0 Å².